The number of nitrogens with one attached hydrogen (secondary N) is 1. The highest BCUT2D eigenvalue weighted by Gasteiger charge is 2.14. The van der Waals surface area contributed by atoms with Crippen LogP contribution in [0, 0.1) is 6.92 Å². The molecular weight excluding hydrogens is 186 g/mol. The fourth-order valence-electron chi connectivity index (χ4n) is 1.22. The van der Waals surface area contributed by atoms with E-state index in [1.54, 1.807) is 6.92 Å². The predicted molar refractivity (Wildman–Crippen MR) is 48.1 cm³/mol. The second-order valence-electron chi connectivity index (χ2n) is 3.07. The van der Waals surface area contributed by atoms with Gasteiger partial charge in [0.1, 0.15) is 0 Å². The van der Waals surface area contributed by atoms with E-state index in [9.17, 15) is 0 Å². The molecule has 1 unspecified atom stereocenters. The number of aromatic nitrogens is 2. The van der Waals surface area contributed by atoms with Gasteiger partial charge >= 0.3 is 6.01 Å². The average Bonchev–Trinajstić information content (AvgIpc) is 2.63. The topological polar surface area (TPSA) is 69.4 Å². The summed E-state index contributed by atoms with van der Waals surface area (Å²) >= 11 is 0. The molecule has 0 amide bonds. The van der Waals surface area contributed by atoms with Crippen molar-refractivity contribution in [3.05, 3.63) is 5.89 Å². The summed E-state index contributed by atoms with van der Waals surface area (Å²) in [5.74, 6) is 0.549. The van der Waals surface area contributed by atoms with Crippen LogP contribution in [0.1, 0.15) is 5.89 Å². The third-order valence-corrected chi connectivity index (χ3v) is 1.89. The fraction of sp³-hybridized carbons (Fsp3) is 0.750. The Morgan fingerprint density at radius 3 is 3.00 bits per heavy atom. The number of rotatable bonds is 3. The highest BCUT2D eigenvalue weighted by molar-refractivity contribution is 5.16. The summed E-state index contributed by atoms with van der Waals surface area (Å²) in [6.07, 6.45) is 0.0657. The molecule has 6 nitrogen and oxygen atoms in total. The van der Waals surface area contributed by atoms with Crippen LogP contribution < -0.4 is 5.32 Å². The molecule has 1 aliphatic heterocycles. The van der Waals surface area contributed by atoms with E-state index in [-0.39, 0.29) is 6.10 Å². The van der Waals surface area contributed by atoms with Crippen LogP contribution in [0.2, 0.25) is 0 Å². The van der Waals surface area contributed by atoms with E-state index < -0.39 is 0 Å². The molecule has 1 aromatic heterocycles. The van der Waals surface area contributed by atoms with Crippen LogP contribution >= 0.6 is 0 Å². The van der Waals surface area contributed by atoms with Crippen LogP contribution in [0.4, 0.5) is 6.01 Å². The molecule has 1 fully saturated rings. The van der Waals surface area contributed by atoms with Crippen molar-refractivity contribution in [3.8, 4) is 0 Å². The molecule has 14 heavy (non-hydrogen) atoms. The van der Waals surface area contributed by atoms with E-state index >= 15 is 0 Å². The minimum absolute atomic E-state index is 0.0657. The number of aryl methyl sites for hydroxylation is 1. The fourth-order valence-corrected chi connectivity index (χ4v) is 1.22. The second-order valence-corrected chi connectivity index (χ2v) is 3.07. The molecule has 0 aromatic carbocycles. The zero-order chi connectivity index (χ0) is 9.80. The maximum Gasteiger partial charge on any atom is 0.315 e. The lowest BCUT2D eigenvalue weighted by atomic mass is 10.3. The molecule has 2 heterocycles. The average molecular weight is 199 g/mol. The Morgan fingerprint density at radius 2 is 2.36 bits per heavy atom. The molecule has 1 saturated heterocycles. The molecule has 2 rings (SSSR count). The maximum absolute atomic E-state index is 5.43. The Kier molecular flexibility index (Phi) is 2.95. The summed E-state index contributed by atoms with van der Waals surface area (Å²) < 4.78 is 15.8. The Labute approximate surface area is 81.6 Å². The van der Waals surface area contributed by atoms with Gasteiger partial charge in [0.2, 0.25) is 5.89 Å². The van der Waals surface area contributed by atoms with E-state index in [0.717, 1.165) is 0 Å². The van der Waals surface area contributed by atoms with Gasteiger partial charge in [0.25, 0.3) is 0 Å². The van der Waals surface area contributed by atoms with E-state index in [4.69, 9.17) is 13.9 Å². The Balaban J connectivity index is 1.76. The van der Waals surface area contributed by atoms with Gasteiger partial charge in [0, 0.05) is 13.5 Å². The minimum atomic E-state index is 0.0657. The quantitative estimate of drug-likeness (QED) is 0.750. The number of anilines is 1. The second kappa shape index (κ2) is 4.39. The summed E-state index contributed by atoms with van der Waals surface area (Å²) in [7, 11) is 0. The number of nitrogens with zero attached hydrogens (tertiary/aromatic N) is 2. The van der Waals surface area contributed by atoms with Crippen molar-refractivity contribution < 1.29 is 13.9 Å². The summed E-state index contributed by atoms with van der Waals surface area (Å²) in [4.78, 5) is 0. The van der Waals surface area contributed by atoms with E-state index in [2.05, 4.69) is 15.5 Å². The number of ether oxygens (including phenoxy) is 2. The van der Waals surface area contributed by atoms with Crippen molar-refractivity contribution in [2.24, 2.45) is 0 Å². The van der Waals surface area contributed by atoms with Crippen LogP contribution in [0.15, 0.2) is 4.42 Å². The summed E-state index contributed by atoms with van der Waals surface area (Å²) in [6, 6.07) is 0.427. The summed E-state index contributed by atoms with van der Waals surface area (Å²) in [5, 5.41) is 10.5. The van der Waals surface area contributed by atoms with Gasteiger partial charge in [-0.2, -0.15) is 0 Å². The monoisotopic (exact) mass is 199 g/mol. The first-order valence-corrected chi connectivity index (χ1v) is 4.58. The Hall–Kier alpha value is -1.14. The van der Waals surface area contributed by atoms with Crippen LogP contribution in [0.5, 0.6) is 0 Å². The largest absolute Gasteiger partial charge is 0.408 e. The first-order chi connectivity index (χ1) is 6.84. The van der Waals surface area contributed by atoms with Crippen LogP contribution in [-0.4, -0.2) is 42.7 Å². The van der Waals surface area contributed by atoms with E-state index in [1.165, 1.54) is 0 Å². The van der Waals surface area contributed by atoms with Gasteiger partial charge in [-0.3, -0.25) is 0 Å². The van der Waals surface area contributed by atoms with Crippen molar-refractivity contribution in [3.63, 3.8) is 0 Å². The molecule has 1 N–H and O–H groups in total. The van der Waals surface area contributed by atoms with Gasteiger partial charge in [0.05, 0.1) is 25.9 Å². The van der Waals surface area contributed by atoms with Gasteiger partial charge in [0.15, 0.2) is 0 Å². The normalized spacial score (nSPS) is 22.2. The molecule has 0 radical (unpaired) electrons. The van der Waals surface area contributed by atoms with Crippen LogP contribution in [0.3, 0.4) is 0 Å². The third kappa shape index (κ3) is 2.43. The summed E-state index contributed by atoms with van der Waals surface area (Å²) in [6.45, 7) is 4.31. The molecule has 1 aromatic rings. The Bertz CT molecular complexity index is 283. The lowest BCUT2D eigenvalue weighted by Gasteiger charge is -2.22. The highest BCUT2D eigenvalue weighted by Crippen LogP contribution is 2.06. The van der Waals surface area contributed by atoms with Crippen molar-refractivity contribution in [2.45, 2.75) is 13.0 Å². The lowest BCUT2D eigenvalue weighted by molar-refractivity contribution is -0.0820. The van der Waals surface area contributed by atoms with Gasteiger partial charge in [-0.05, 0) is 0 Å². The van der Waals surface area contributed by atoms with Crippen molar-refractivity contribution in [1.82, 2.24) is 10.2 Å². The molecule has 1 atom stereocenters. The van der Waals surface area contributed by atoms with Crippen molar-refractivity contribution in [1.29, 1.82) is 0 Å². The molecule has 6 heteroatoms. The van der Waals surface area contributed by atoms with Gasteiger partial charge < -0.3 is 19.2 Å². The summed E-state index contributed by atoms with van der Waals surface area (Å²) in [5.41, 5.74) is 0. The lowest BCUT2D eigenvalue weighted by Crippen LogP contribution is -2.34. The van der Waals surface area contributed by atoms with Crippen molar-refractivity contribution >= 4 is 6.01 Å². The minimum Gasteiger partial charge on any atom is -0.408 e. The molecule has 0 spiro atoms. The molecule has 0 saturated carbocycles. The molecule has 0 bridgehead atoms. The number of hydrogen-bond donors (Lipinski definition) is 1. The molecule has 1 aliphatic rings. The smallest absolute Gasteiger partial charge is 0.315 e. The van der Waals surface area contributed by atoms with Gasteiger partial charge in [-0.1, -0.05) is 5.10 Å². The zero-order valence-electron chi connectivity index (χ0n) is 8.02. The van der Waals surface area contributed by atoms with Gasteiger partial charge in [-0.15, -0.1) is 5.10 Å². The standard InChI is InChI=1S/C8H13N3O3/c1-6-10-11-8(14-6)9-4-7-5-12-2-3-13-7/h7H,2-5H2,1H3,(H,9,11). The highest BCUT2D eigenvalue weighted by atomic mass is 16.6. The van der Waals surface area contributed by atoms with E-state index in [1.807, 2.05) is 0 Å². The zero-order valence-corrected chi connectivity index (χ0v) is 8.02. The van der Waals surface area contributed by atoms with E-state index in [0.29, 0.717) is 38.3 Å². The Morgan fingerprint density at radius 1 is 1.43 bits per heavy atom. The third-order valence-electron chi connectivity index (χ3n) is 1.89. The van der Waals surface area contributed by atoms with Crippen LogP contribution in [0.25, 0.3) is 0 Å². The molecule has 0 aliphatic carbocycles. The first kappa shape index (κ1) is 9.42. The number of hydrogen-bond acceptors (Lipinski definition) is 6. The van der Waals surface area contributed by atoms with Gasteiger partial charge in [-0.25, -0.2) is 0 Å². The maximum atomic E-state index is 5.43. The van der Waals surface area contributed by atoms with Crippen molar-refractivity contribution in [2.75, 3.05) is 31.7 Å². The SMILES string of the molecule is Cc1nnc(NCC2COCCO2)o1. The van der Waals surface area contributed by atoms with Crippen LogP contribution in [-0.2, 0) is 9.47 Å². The first-order valence-electron chi connectivity index (χ1n) is 4.58. The molecular formula is C8H13N3O3. The molecule has 78 valence electrons. The predicted octanol–water partition coefficient (Wildman–Crippen LogP) is 0.205.